The highest BCUT2D eigenvalue weighted by atomic mass is 32.2. The van der Waals surface area contributed by atoms with E-state index in [1.54, 1.807) is 6.07 Å². The Morgan fingerprint density at radius 1 is 1.33 bits per heavy atom. The number of carboxylic acids is 1. The van der Waals surface area contributed by atoms with E-state index in [4.69, 9.17) is 5.11 Å². The molecule has 1 heterocycles. The molecule has 0 spiro atoms. The molecular formula is C13H14N2O5S. The van der Waals surface area contributed by atoms with Crippen LogP contribution >= 0.6 is 0 Å². The molecule has 0 aliphatic carbocycles. The van der Waals surface area contributed by atoms with Crippen LogP contribution < -0.4 is 4.72 Å². The van der Waals surface area contributed by atoms with Crippen LogP contribution in [0.4, 0.5) is 0 Å². The molecule has 1 aromatic carbocycles. The van der Waals surface area contributed by atoms with Crippen LogP contribution in [0.1, 0.15) is 6.92 Å². The van der Waals surface area contributed by atoms with E-state index in [0.717, 1.165) is 0 Å². The number of fused-ring (bicyclic) bond motifs is 1. The number of rotatable bonds is 5. The Kier molecular flexibility index (Phi) is 4.21. The SMILES string of the molecule is C[C@@H](O)[C@H](NS(=O)(=O)c1cccc2cnccc12)C(=O)O. The fraction of sp³-hybridized carbons (Fsp3) is 0.231. The van der Waals surface area contributed by atoms with E-state index in [1.807, 2.05) is 4.72 Å². The van der Waals surface area contributed by atoms with Crippen LogP contribution in [0.15, 0.2) is 41.6 Å². The molecule has 112 valence electrons. The van der Waals surface area contributed by atoms with Crippen LogP contribution in [0, 0.1) is 0 Å². The molecule has 0 saturated heterocycles. The Morgan fingerprint density at radius 2 is 2.05 bits per heavy atom. The number of aliphatic hydroxyl groups excluding tert-OH is 1. The number of hydrogen-bond donors (Lipinski definition) is 3. The van der Waals surface area contributed by atoms with Gasteiger partial charge in [0, 0.05) is 23.2 Å². The second-order valence-electron chi connectivity index (χ2n) is 4.53. The Morgan fingerprint density at radius 3 is 2.67 bits per heavy atom. The molecule has 1 aromatic heterocycles. The average molecular weight is 310 g/mol. The van der Waals surface area contributed by atoms with Crippen molar-refractivity contribution in [1.29, 1.82) is 0 Å². The van der Waals surface area contributed by atoms with Gasteiger partial charge in [0.15, 0.2) is 0 Å². The number of pyridine rings is 1. The van der Waals surface area contributed by atoms with Crippen LogP contribution in [0.25, 0.3) is 10.8 Å². The Bertz CT molecular complexity index is 768. The molecule has 8 heteroatoms. The van der Waals surface area contributed by atoms with Crippen LogP contribution in [0.5, 0.6) is 0 Å². The average Bonchev–Trinajstić information content (AvgIpc) is 2.43. The standard InChI is InChI=1S/C13H14N2O5S/c1-8(16)12(13(17)18)15-21(19,20)11-4-2-3-9-7-14-6-5-10(9)11/h2-8,12,15-16H,1H3,(H,17,18)/t8-,12+/m1/s1. The predicted octanol–water partition coefficient (Wildman–Crippen LogP) is 0.347. The van der Waals surface area contributed by atoms with Gasteiger partial charge in [0.05, 0.1) is 11.0 Å². The maximum absolute atomic E-state index is 12.4. The second kappa shape index (κ2) is 5.76. The molecule has 0 fully saturated rings. The number of carbonyl (C=O) groups is 1. The monoisotopic (exact) mass is 310 g/mol. The Hall–Kier alpha value is -2.03. The van der Waals surface area contributed by atoms with Crippen molar-refractivity contribution in [2.75, 3.05) is 0 Å². The maximum atomic E-state index is 12.4. The summed E-state index contributed by atoms with van der Waals surface area (Å²) in [6.45, 7) is 1.20. The number of aromatic nitrogens is 1. The van der Waals surface area contributed by atoms with Gasteiger partial charge < -0.3 is 10.2 Å². The molecule has 0 aliphatic rings. The minimum Gasteiger partial charge on any atom is -0.480 e. The van der Waals surface area contributed by atoms with Gasteiger partial charge in [-0.15, -0.1) is 0 Å². The molecule has 0 radical (unpaired) electrons. The number of sulfonamides is 1. The molecule has 0 saturated carbocycles. The molecule has 7 nitrogen and oxygen atoms in total. The lowest BCUT2D eigenvalue weighted by Gasteiger charge is -2.17. The van der Waals surface area contributed by atoms with E-state index < -0.39 is 28.1 Å². The van der Waals surface area contributed by atoms with Crippen molar-refractivity contribution in [2.45, 2.75) is 24.0 Å². The Labute approximate surface area is 121 Å². The zero-order chi connectivity index (χ0) is 15.6. The highest BCUT2D eigenvalue weighted by molar-refractivity contribution is 7.89. The summed E-state index contributed by atoms with van der Waals surface area (Å²) < 4.78 is 26.7. The van der Waals surface area contributed by atoms with Crippen molar-refractivity contribution in [3.8, 4) is 0 Å². The summed E-state index contributed by atoms with van der Waals surface area (Å²) in [5.74, 6) is -1.45. The largest absolute Gasteiger partial charge is 0.480 e. The van der Waals surface area contributed by atoms with E-state index in [9.17, 15) is 18.3 Å². The minimum atomic E-state index is -4.09. The lowest BCUT2D eigenvalue weighted by molar-refractivity contribution is -0.141. The van der Waals surface area contributed by atoms with Gasteiger partial charge in [0.1, 0.15) is 6.04 Å². The van der Waals surface area contributed by atoms with E-state index in [0.29, 0.717) is 10.8 Å². The van der Waals surface area contributed by atoms with Crippen molar-refractivity contribution in [3.63, 3.8) is 0 Å². The van der Waals surface area contributed by atoms with Gasteiger partial charge in [0.2, 0.25) is 10.0 Å². The van der Waals surface area contributed by atoms with Crippen molar-refractivity contribution in [2.24, 2.45) is 0 Å². The lowest BCUT2D eigenvalue weighted by atomic mass is 10.2. The molecule has 0 unspecified atom stereocenters. The summed E-state index contributed by atoms with van der Waals surface area (Å²) >= 11 is 0. The van der Waals surface area contributed by atoms with Gasteiger partial charge in [-0.25, -0.2) is 8.42 Å². The first-order chi connectivity index (χ1) is 9.83. The van der Waals surface area contributed by atoms with E-state index in [-0.39, 0.29) is 4.90 Å². The second-order valence-corrected chi connectivity index (χ2v) is 6.21. The molecular weight excluding hydrogens is 296 g/mol. The highest BCUT2D eigenvalue weighted by Crippen LogP contribution is 2.22. The van der Waals surface area contributed by atoms with Gasteiger partial charge in [-0.2, -0.15) is 4.72 Å². The van der Waals surface area contributed by atoms with Gasteiger partial charge >= 0.3 is 5.97 Å². The van der Waals surface area contributed by atoms with Crippen LogP contribution in [-0.2, 0) is 14.8 Å². The Balaban J connectivity index is 2.50. The van der Waals surface area contributed by atoms with Crippen molar-refractivity contribution < 1.29 is 23.4 Å². The van der Waals surface area contributed by atoms with Crippen molar-refractivity contribution in [1.82, 2.24) is 9.71 Å². The normalized spacial score (nSPS) is 14.8. The molecule has 2 rings (SSSR count). The number of benzene rings is 1. The topological polar surface area (TPSA) is 117 Å². The first-order valence-electron chi connectivity index (χ1n) is 6.09. The van der Waals surface area contributed by atoms with E-state index in [1.165, 1.54) is 37.5 Å². The third kappa shape index (κ3) is 3.18. The predicted molar refractivity (Wildman–Crippen MR) is 75.2 cm³/mol. The fourth-order valence-corrected chi connectivity index (χ4v) is 3.41. The first-order valence-corrected chi connectivity index (χ1v) is 7.57. The van der Waals surface area contributed by atoms with Crippen LogP contribution in [0.3, 0.4) is 0 Å². The summed E-state index contributed by atoms with van der Waals surface area (Å²) in [6.07, 6.45) is 1.59. The summed E-state index contributed by atoms with van der Waals surface area (Å²) in [5, 5.41) is 19.4. The number of nitrogens with zero attached hydrogens (tertiary/aromatic N) is 1. The molecule has 2 aromatic rings. The van der Waals surface area contributed by atoms with Gasteiger partial charge in [-0.1, -0.05) is 12.1 Å². The third-order valence-electron chi connectivity index (χ3n) is 2.96. The van der Waals surface area contributed by atoms with Gasteiger partial charge in [-0.05, 0) is 19.1 Å². The van der Waals surface area contributed by atoms with Gasteiger partial charge in [0.25, 0.3) is 0 Å². The molecule has 2 atom stereocenters. The number of nitrogens with one attached hydrogen (secondary N) is 1. The fourth-order valence-electron chi connectivity index (χ4n) is 1.91. The summed E-state index contributed by atoms with van der Waals surface area (Å²) in [4.78, 5) is 14.9. The quantitative estimate of drug-likeness (QED) is 0.733. The summed E-state index contributed by atoms with van der Waals surface area (Å²) in [7, 11) is -4.09. The lowest BCUT2D eigenvalue weighted by Crippen LogP contribution is -2.47. The summed E-state index contributed by atoms with van der Waals surface area (Å²) in [5.41, 5.74) is 0. The smallest absolute Gasteiger partial charge is 0.324 e. The molecule has 21 heavy (non-hydrogen) atoms. The molecule has 3 N–H and O–H groups in total. The number of aliphatic carboxylic acids is 1. The van der Waals surface area contributed by atoms with Crippen molar-refractivity contribution in [3.05, 3.63) is 36.7 Å². The van der Waals surface area contributed by atoms with Gasteiger partial charge in [-0.3, -0.25) is 9.78 Å². The van der Waals surface area contributed by atoms with E-state index in [2.05, 4.69) is 4.98 Å². The zero-order valence-corrected chi connectivity index (χ0v) is 11.9. The van der Waals surface area contributed by atoms with Crippen LogP contribution in [-0.4, -0.2) is 41.7 Å². The number of carboxylic acid groups (broad SMARTS) is 1. The minimum absolute atomic E-state index is 0.0608. The van der Waals surface area contributed by atoms with Crippen molar-refractivity contribution >= 4 is 26.8 Å². The molecule has 0 aliphatic heterocycles. The van der Waals surface area contributed by atoms with E-state index >= 15 is 0 Å². The number of hydrogen-bond acceptors (Lipinski definition) is 5. The molecule has 0 bridgehead atoms. The first kappa shape index (κ1) is 15.4. The van der Waals surface area contributed by atoms with Crippen LogP contribution in [0.2, 0.25) is 0 Å². The summed E-state index contributed by atoms with van der Waals surface area (Å²) in [6, 6.07) is 4.52. The highest BCUT2D eigenvalue weighted by Gasteiger charge is 2.30. The zero-order valence-electron chi connectivity index (χ0n) is 11.1. The third-order valence-corrected chi connectivity index (χ3v) is 4.46. The number of aliphatic hydroxyl groups is 1. The maximum Gasteiger partial charge on any atom is 0.324 e. The molecule has 0 amide bonds.